The number of carboxylic acids is 1. The van der Waals surface area contributed by atoms with Crippen LogP contribution in [-0.4, -0.2) is 88.9 Å². The molecule has 1 aliphatic heterocycles. The van der Waals surface area contributed by atoms with E-state index in [1.807, 2.05) is 0 Å². The molecule has 2 aromatic rings. The number of Topliss-reactive ketones (excluding diaryl/α,β-unsaturated/α-hetero) is 2. The van der Waals surface area contributed by atoms with E-state index in [1.54, 1.807) is 0 Å². The number of aliphatic hydroxyl groups is 3. The van der Waals surface area contributed by atoms with Crippen molar-refractivity contribution in [2.24, 2.45) is 0 Å². The molecule has 33 heavy (non-hydrogen) atoms. The zero-order valence-electron chi connectivity index (χ0n) is 18.3. The second kappa shape index (κ2) is 10.3. The standard InChI is InChI=1S/C20H27N5O8/c1-9(27)16-23-17(21-7-5-3-4-6-12(29)30)13-19(24-16)25(18(22-13)10(2)28)20-15(32)14(31)11(8-26)33-20/h11,14-15,20,26,31-32H,3-8H2,1-2H3,(H,29,30)(H,21,23,24)/t11-,14-,15-,20-/m1/s1. The topological polar surface area (TPSA) is 197 Å². The Morgan fingerprint density at radius 2 is 1.76 bits per heavy atom. The number of aliphatic carboxylic acids is 1. The van der Waals surface area contributed by atoms with E-state index in [0.29, 0.717) is 25.8 Å². The van der Waals surface area contributed by atoms with E-state index in [1.165, 1.54) is 18.4 Å². The molecule has 0 bridgehead atoms. The number of ketones is 2. The Morgan fingerprint density at radius 3 is 2.33 bits per heavy atom. The maximum absolute atomic E-state index is 12.3. The van der Waals surface area contributed by atoms with Crippen LogP contribution in [-0.2, 0) is 9.53 Å². The van der Waals surface area contributed by atoms with Crippen LogP contribution in [0.2, 0.25) is 0 Å². The van der Waals surface area contributed by atoms with Gasteiger partial charge in [0.25, 0.3) is 0 Å². The van der Waals surface area contributed by atoms with Crippen molar-refractivity contribution in [3.63, 3.8) is 0 Å². The summed E-state index contributed by atoms with van der Waals surface area (Å²) in [5, 5.41) is 41.8. The summed E-state index contributed by atoms with van der Waals surface area (Å²) in [7, 11) is 0. The Balaban J connectivity index is 2.00. The Labute approximate surface area is 188 Å². The first-order valence-electron chi connectivity index (χ1n) is 10.6. The van der Waals surface area contributed by atoms with E-state index < -0.39 is 48.7 Å². The van der Waals surface area contributed by atoms with Crippen molar-refractivity contribution in [2.45, 2.75) is 64.1 Å². The van der Waals surface area contributed by atoms with Gasteiger partial charge in [-0.1, -0.05) is 6.42 Å². The van der Waals surface area contributed by atoms with Gasteiger partial charge >= 0.3 is 5.97 Å². The van der Waals surface area contributed by atoms with Gasteiger partial charge in [0, 0.05) is 26.8 Å². The third-order valence-corrected chi connectivity index (χ3v) is 5.30. The Hall–Kier alpha value is -3.00. The van der Waals surface area contributed by atoms with Crippen molar-refractivity contribution >= 4 is 34.5 Å². The van der Waals surface area contributed by atoms with Gasteiger partial charge in [-0.2, -0.15) is 0 Å². The van der Waals surface area contributed by atoms with Crippen LogP contribution in [0.1, 0.15) is 67.0 Å². The highest BCUT2D eigenvalue weighted by atomic mass is 16.6. The highest BCUT2D eigenvalue weighted by molar-refractivity contribution is 5.98. The van der Waals surface area contributed by atoms with Gasteiger partial charge in [0.15, 0.2) is 46.4 Å². The molecule has 2 aromatic heterocycles. The number of carbonyl (C=O) groups is 3. The highest BCUT2D eigenvalue weighted by Gasteiger charge is 2.45. The van der Waals surface area contributed by atoms with Crippen molar-refractivity contribution in [3.05, 3.63) is 11.6 Å². The first-order chi connectivity index (χ1) is 15.6. The third-order valence-electron chi connectivity index (χ3n) is 5.30. The predicted molar refractivity (Wildman–Crippen MR) is 113 cm³/mol. The first kappa shape index (κ1) is 24.6. The van der Waals surface area contributed by atoms with E-state index in [0.717, 1.165) is 0 Å². The Bertz CT molecular complexity index is 1050. The number of hydrogen-bond acceptors (Lipinski definition) is 11. The number of imidazole rings is 1. The molecule has 180 valence electrons. The molecule has 1 aliphatic rings. The van der Waals surface area contributed by atoms with Crippen molar-refractivity contribution in [1.82, 2.24) is 19.5 Å². The monoisotopic (exact) mass is 465 g/mol. The number of carbonyl (C=O) groups excluding carboxylic acids is 2. The van der Waals surface area contributed by atoms with Gasteiger partial charge in [0.2, 0.25) is 0 Å². The fourth-order valence-corrected chi connectivity index (χ4v) is 3.62. The summed E-state index contributed by atoms with van der Waals surface area (Å²) < 4.78 is 6.77. The highest BCUT2D eigenvalue weighted by Crippen LogP contribution is 2.34. The summed E-state index contributed by atoms with van der Waals surface area (Å²) in [5.41, 5.74) is 0.206. The van der Waals surface area contributed by atoms with Crippen LogP contribution in [0.25, 0.3) is 11.2 Å². The lowest BCUT2D eigenvalue weighted by molar-refractivity contribution is -0.137. The van der Waals surface area contributed by atoms with Crippen LogP contribution < -0.4 is 5.32 Å². The molecule has 13 heteroatoms. The average Bonchev–Trinajstić information content (AvgIpc) is 3.28. The number of nitrogens with zero attached hydrogens (tertiary/aromatic N) is 4. The quantitative estimate of drug-likeness (QED) is 0.218. The van der Waals surface area contributed by atoms with Crippen LogP contribution in [0.4, 0.5) is 5.82 Å². The molecule has 3 heterocycles. The molecule has 0 unspecified atom stereocenters. The smallest absolute Gasteiger partial charge is 0.303 e. The number of carboxylic acid groups (broad SMARTS) is 1. The van der Waals surface area contributed by atoms with Crippen LogP contribution in [0, 0.1) is 0 Å². The maximum atomic E-state index is 12.3. The molecule has 13 nitrogen and oxygen atoms in total. The molecule has 5 N–H and O–H groups in total. The molecule has 0 aromatic carbocycles. The average molecular weight is 465 g/mol. The van der Waals surface area contributed by atoms with Crippen molar-refractivity contribution in [1.29, 1.82) is 0 Å². The first-order valence-corrected chi connectivity index (χ1v) is 10.6. The van der Waals surface area contributed by atoms with Crippen LogP contribution >= 0.6 is 0 Å². The summed E-state index contributed by atoms with van der Waals surface area (Å²) in [4.78, 5) is 47.7. The largest absolute Gasteiger partial charge is 0.481 e. The minimum Gasteiger partial charge on any atom is -0.481 e. The second-order valence-electron chi connectivity index (χ2n) is 7.85. The van der Waals surface area contributed by atoms with Gasteiger partial charge in [-0.15, -0.1) is 0 Å². The lowest BCUT2D eigenvalue weighted by Crippen LogP contribution is -2.33. The number of hydrogen-bond donors (Lipinski definition) is 5. The lowest BCUT2D eigenvalue weighted by atomic mass is 10.1. The van der Waals surface area contributed by atoms with E-state index in [2.05, 4.69) is 20.3 Å². The third kappa shape index (κ3) is 5.16. The van der Waals surface area contributed by atoms with Crippen LogP contribution in [0.15, 0.2) is 0 Å². The van der Waals surface area contributed by atoms with Crippen LogP contribution in [0.5, 0.6) is 0 Å². The van der Waals surface area contributed by atoms with Gasteiger partial charge in [-0.05, 0) is 12.8 Å². The van der Waals surface area contributed by atoms with Crippen molar-refractivity contribution < 1.29 is 39.5 Å². The molecule has 0 aliphatic carbocycles. The van der Waals surface area contributed by atoms with E-state index in [9.17, 15) is 29.7 Å². The van der Waals surface area contributed by atoms with E-state index >= 15 is 0 Å². The summed E-state index contributed by atoms with van der Waals surface area (Å²) in [5.74, 6) is -1.87. The fourth-order valence-electron chi connectivity index (χ4n) is 3.62. The molecular formula is C20H27N5O8. The number of anilines is 1. The van der Waals surface area contributed by atoms with E-state index in [4.69, 9.17) is 9.84 Å². The number of fused-ring (bicyclic) bond motifs is 1. The fraction of sp³-hybridized carbons (Fsp3) is 0.600. The molecule has 0 amide bonds. The van der Waals surface area contributed by atoms with Crippen molar-refractivity contribution in [2.75, 3.05) is 18.5 Å². The number of aromatic nitrogens is 4. The van der Waals surface area contributed by atoms with Crippen molar-refractivity contribution in [3.8, 4) is 0 Å². The van der Waals surface area contributed by atoms with Gasteiger partial charge in [0.1, 0.15) is 18.3 Å². The van der Waals surface area contributed by atoms with E-state index in [-0.39, 0.29) is 35.1 Å². The molecule has 0 saturated carbocycles. The second-order valence-corrected chi connectivity index (χ2v) is 7.85. The predicted octanol–water partition coefficient (Wildman–Crippen LogP) is -0.100. The number of unbranched alkanes of at least 4 members (excludes halogenated alkanes) is 2. The van der Waals surface area contributed by atoms with Gasteiger partial charge < -0.3 is 30.5 Å². The van der Waals surface area contributed by atoms with Gasteiger partial charge in [-0.3, -0.25) is 19.0 Å². The number of nitrogens with one attached hydrogen (secondary N) is 1. The summed E-state index contributed by atoms with van der Waals surface area (Å²) in [6, 6.07) is 0. The summed E-state index contributed by atoms with van der Waals surface area (Å²) >= 11 is 0. The minimum atomic E-state index is -1.49. The molecule has 0 spiro atoms. The summed E-state index contributed by atoms with van der Waals surface area (Å²) in [6.07, 6.45) is -3.38. The molecule has 4 atom stereocenters. The summed E-state index contributed by atoms with van der Waals surface area (Å²) in [6.45, 7) is 2.38. The minimum absolute atomic E-state index is 0.0450. The SMILES string of the molecule is CC(=O)c1nc(NCCCCCC(=O)O)c2nc(C(C)=O)n([C@@H]3O[C@H](CO)[C@@H](O)[C@H]3O)c2n1. The van der Waals surface area contributed by atoms with Gasteiger partial charge in [0.05, 0.1) is 6.61 Å². The number of ether oxygens (including phenoxy) is 1. The Morgan fingerprint density at radius 1 is 1.03 bits per heavy atom. The van der Waals surface area contributed by atoms with Crippen LogP contribution in [0.3, 0.4) is 0 Å². The zero-order chi connectivity index (χ0) is 24.3. The normalized spacial score (nSPS) is 22.6. The van der Waals surface area contributed by atoms with Gasteiger partial charge in [-0.25, -0.2) is 15.0 Å². The molecule has 0 radical (unpaired) electrons. The molecule has 1 saturated heterocycles. The lowest BCUT2D eigenvalue weighted by Gasteiger charge is -2.18. The molecule has 3 rings (SSSR count). The Kier molecular flexibility index (Phi) is 7.68. The molecular weight excluding hydrogens is 438 g/mol. The number of rotatable bonds is 11. The zero-order valence-corrected chi connectivity index (χ0v) is 18.3. The maximum Gasteiger partial charge on any atom is 0.303 e. The molecule has 1 fully saturated rings. The number of aliphatic hydroxyl groups excluding tert-OH is 3.